The predicted molar refractivity (Wildman–Crippen MR) is 80.1 cm³/mol. The van der Waals surface area contributed by atoms with Gasteiger partial charge in [0.25, 0.3) is 0 Å². The number of phenols is 1. The highest BCUT2D eigenvalue weighted by Gasteiger charge is 2.07. The van der Waals surface area contributed by atoms with Crippen molar-refractivity contribution in [1.29, 1.82) is 0 Å². The van der Waals surface area contributed by atoms with Gasteiger partial charge in [-0.05, 0) is 23.8 Å². The van der Waals surface area contributed by atoms with Gasteiger partial charge in [0.2, 0.25) is 5.91 Å². The summed E-state index contributed by atoms with van der Waals surface area (Å²) >= 11 is 11.7. The van der Waals surface area contributed by atoms with Crippen molar-refractivity contribution in [2.75, 3.05) is 0 Å². The third-order valence-electron chi connectivity index (χ3n) is 2.82. The number of para-hydroxylation sites is 1. The van der Waals surface area contributed by atoms with Crippen LogP contribution in [0.3, 0.4) is 0 Å². The van der Waals surface area contributed by atoms with Gasteiger partial charge in [-0.3, -0.25) is 4.79 Å². The Balaban J connectivity index is 1.93. The first kappa shape index (κ1) is 14.7. The lowest BCUT2D eigenvalue weighted by Gasteiger charge is -2.07. The highest BCUT2D eigenvalue weighted by atomic mass is 35.5. The van der Waals surface area contributed by atoms with Gasteiger partial charge in [0.15, 0.2) is 0 Å². The number of hydrogen-bond acceptors (Lipinski definition) is 2. The second-order valence-electron chi connectivity index (χ2n) is 4.33. The average molecular weight is 310 g/mol. The van der Waals surface area contributed by atoms with Crippen molar-refractivity contribution >= 4 is 29.1 Å². The summed E-state index contributed by atoms with van der Waals surface area (Å²) in [6.45, 7) is 0.285. The summed E-state index contributed by atoms with van der Waals surface area (Å²) in [4.78, 5) is 11.8. The molecule has 3 nitrogen and oxygen atoms in total. The molecule has 0 aliphatic carbocycles. The second kappa shape index (κ2) is 6.64. The standard InChI is InChI=1S/C15H13Cl2NO2/c16-12-6-5-10(7-13(12)17)8-15(20)18-9-11-3-1-2-4-14(11)19/h1-7,19H,8-9H2,(H,18,20). The van der Waals surface area contributed by atoms with Gasteiger partial charge in [-0.25, -0.2) is 0 Å². The van der Waals surface area contributed by atoms with E-state index in [2.05, 4.69) is 5.32 Å². The summed E-state index contributed by atoms with van der Waals surface area (Å²) in [5.74, 6) is 0.0222. The molecular formula is C15H13Cl2NO2. The molecule has 0 spiro atoms. The van der Waals surface area contributed by atoms with Crippen molar-refractivity contribution in [3.8, 4) is 5.75 Å². The molecule has 0 radical (unpaired) electrons. The van der Waals surface area contributed by atoms with E-state index in [4.69, 9.17) is 23.2 Å². The number of rotatable bonds is 4. The second-order valence-corrected chi connectivity index (χ2v) is 5.15. The van der Waals surface area contributed by atoms with Crippen molar-refractivity contribution in [1.82, 2.24) is 5.32 Å². The third kappa shape index (κ3) is 3.89. The number of carbonyl (C=O) groups excluding carboxylic acids is 1. The van der Waals surface area contributed by atoms with Crippen LogP contribution in [0.25, 0.3) is 0 Å². The maximum Gasteiger partial charge on any atom is 0.224 e. The fourth-order valence-corrected chi connectivity index (χ4v) is 2.07. The fourth-order valence-electron chi connectivity index (χ4n) is 1.75. The topological polar surface area (TPSA) is 49.3 Å². The summed E-state index contributed by atoms with van der Waals surface area (Å²) < 4.78 is 0. The molecule has 2 aromatic carbocycles. The van der Waals surface area contributed by atoms with E-state index in [1.54, 1.807) is 42.5 Å². The summed E-state index contributed by atoms with van der Waals surface area (Å²) in [7, 11) is 0. The highest BCUT2D eigenvalue weighted by molar-refractivity contribution is 6.42. The highest BCUT2D eigenvalue weighted by Crippen LogP contribution is 2.22. The van der Waals surface area contributed by atoms with E-state index in [0.29, 0.717) is 15.6 Å². The van der Waals surface area contributed by atoms with Crippen LogP contribution < -0.4 is 5.32 Å². The predicted octanol–water partition coefficient (Wildman–Crippen LogP) is 3.56. The number of phenolic OH excluding ortho intramolecular Hbond substituents is 1. The van der Waals surface area contributed by atoms with Crippen LogP contribution >= 0.6 is 23.2 Å². The van der Waals surface area contributed by atoms with Crippen LogP contribution in [0.4, 0.5) is 0 Å². The first-order valence-corrected chi connectivity index (χ1v) is 6.79. The Morgan fingerprint density at radius 3 is 2.55 bits per heavy atom. The summed E-state index contributed by atoms with van der Waals surface area (Å²) in [6.07, 6.45) is 0.213. The molecule has 0 fully saturated rings. The van der Waals surface area contributed by atoms with E-state index in [1.165, 1.54) is 0 Å². The molecular weight excluding hydrogens is 297 g/mol. The van der Waals surface area contributed by atoms with Crippen molar-refractivity contribution in [3.63, 3.8) is 0 Å². The van der Waals surface area contributed by atoms with E-state index >= 15 is 0 Å². The van der Waals surface area contributed by atoms with E-state index in [1.807, 2.05) is 0 Å². The molecule has 0 bridgehead atoms. The van der Waals surface area contributed by atoms with E-state index in [-0.39, 0.29) is 24.6 Å². The number of hydrogen-bond donors (Lipinski definition) is 2. The molecule has 2 N–H and O–H groups in total. The minimum absolute atomic E-state index is 0.147. The van der Waals surface area contributed by atoms with Gasteiger partial charge in [0.05, 0.1) is 16.5 Å². The molecule has 0 aliphatic rings. The normalized spacial score (nSPS) is 10.3. The largest absolute Gasteiger partial charge is 0.508 e. The van der Waals surface area contributed by atoms with Crippen molar-refractivity contribution in [3.05, 3.63) is 63.6 Å². The molecule has 0 heterocycles. The summed E-state index contributed by atoms with van der Waals surface area (Å²) in [6, 6.07) is 12.0. The number of carbonyl (C=O) groups is 1. The van der Waals surface area contributed by atoms with Crippen LogP contribution in [-0.2, 0) is 17.8 Å². The zero-order valence-corrected chi connectivity index (χ0v) is 12.1. The number of aromatic hydroxyl groups is 1. The zero-order chi connectivity index (χ0) is 14.5. The molecule has 0 aliphatic heterocycles. The lowest BCUT2D eigenvalue weighted by Crippen LogP contribution is -2.24. The lowest BCUT2D eigenvalue weighted by atomic mass is 10.1. The van der Waals surface area contributed by atoms with E-state index in [9.17, 15) is 9.90 Å². The van der Waals surface area contributed by atoms with E-state index in [0.717, 1.165) is 5.56 Å². The van der Waals surface area contributed by atoms with Crippen molar-refractivity contribution in [2.45, 2.75) is 13.0 Å². The van der Waals surface area contributed by atoms with Crippen LogP contribution in [0, 0.1) is 0 Å². The van der Waals surface area contributed by atoms with Crippen LogP contribution in [0.2, 0.25) is 10.0 Å². The van der Waals surface area contributed by atoms with Gasteiger partial charge in [-0.15, -0.1) is 0 Å². The molecule has 1 amide bonds. The maximum absolute atomic E-state index is 11.8. The van der Waals surface area contributed by atoms with Gasteiger partial charge >= 0.3 is 0 Å². The SMILES string of the molecule is O=C(Cc1ccc(Cl)c(Cl)c1)NCc1ccccc1O. The summed E-state index contributed by atoms with van der Waals surface area (Å²) in [5, 5.41) is 13.2. The van der Waals surface area contributed by atoms with Gasteiger partial charge in [-0.2, -0.15) is 0 Å². The number of nitrogens with one attached hydrogen (secondary N) is 1. The van der Waals surface area contributed by atoms with Crippen molar-refractivity contribution < 1.29 is 9.90 Å². The third-order valence-corrected chi connectivity index (χ3v) is 3.56. The molecule has 2 aromatic rings. The zero-order valence-electron chi connectivity index (χ0n) is 10.6. The van der Waals surface area contributed by atoms with Gasteiger partial charge in [0.1, 0.15) is 5.75 Å². The van der Waals surface area contributed by atoms with Crippen LogP contribution in [0.5, 0.6) is 5.75 Å². The molecule has 0 atom stereocenters. The Bertz CT molecular complexity index is 629. The van der Waals surface area contributed by atoms with Crippen LogP contribution in [0.15, 0.2) is 42.5 Å². The lowest BCUT2D eigenvalue weighted by molar-refractivity contribution is -0.120. The van der Waals surface area contributed by atoms with Gasteiger partial charge < -0.3 is 10.4 Å². The molecule has 104 valence electrons. The Hall–Kier alpha value is -1.71. The molecule has 0 saturated carbocycles. The maximum atomic E-state index is 11.8. The minimum atomic E-state index is -0.147. The van der Waals surface area contributed by atoms with Crippen molar-refractivity contribution in [2.24, 2.45) is 0 Å². The quantitative estimate of drug-likeness (QED) is 0.907. The Morgan fingerprint density at radius 1 is 1.10 bits per heavy atom. The molecule has 0 aromatic heterocycles. The Morgan fingerprint density at radius 2 is 1.85 bits per heavy atom. The molecule has 0 saturated heterocycles. The molecule has 0 unspecified atom stereocenters. The van der Waals surface area contributed by atoms with E-state index < -0.39 is 0 Å². The number of halogens is 2. The first-order valence-electron chi connectivity index (χ1n) is 6.04. The smallest absolute Gasteiger partial charge is 0.224 e. The monoisotopic (exact) mass is 309 g/mol. The molecule has 2 rings (SSSR count). The molecule has 20 heavy (non-hydrogen) atoms. The first-order chi connectivity index (χ1) is 9.56. The van der Waals surface area contributed by atoms with Crippen LogP contribution in [-0.4, -0.2) is 11.0 Å². The van der Waals surface area contributed by atoms with Gasteiger partial charge in [-0.1, -0.05) is 47.5 Å². The summed E-state index contributed by atoms with van der Waals surface area (Å²) in [5.41, 5.74) is 1.46. The number of amides is 1. The minimum Gasteiger partial charge on any atom is -0.508 e. The Labute approximate surface area is 127 Å². The fraction of sp³-hybridized carbons (Fsp3) is 0.133. The average Bonchev–Trinajstić information content (AvgIpc) is 2.42. The van der Waals surface area contributed by atoms with Crippen LogP contribution in [0.1, 0.15) is 11.1 Å². The van der Waals surface area contributed by atoms with Gasteiger partial charge in [0, 0.05) is 12.1 Å². The molecule has 5 heteroatoms. The number of benzene rings is 2. The Kier molecular flexibility index (Phi) is 4.88.